The molecule has 0 aliphatic heterocycles. The Hall–Kier alpha value is -1.82. The number of hydrogen-bond acceptors (Lipinski definition) is 3. The topological polar surface area (TPSA) is 41.5 Å². The van der Waals surface area contributed by atoms with Gasteiger partial charge in [-0.3, -0.25) is 0 Å². The van der Waals surface area contributed by atoms with Gasteiger partial charge in [0, 0.05) is 28.3 Å². The first kappa shape index (κ1) is 14.6. The molecule has 2 aromatic rings. The number of nitrogens with one attached hydrogen (secondary N) is 1. The molecule has 0 atom stereocenters. The molecule has 2 aromatic carbocycles. The maximum atomic E-state index is 13.1. The molecule has 0 unspecified atom stereocenters. The highest BCUT2D eigenvalue weighted by Crippen LogP contribution is 2.34. The van der Waals surface area contributed by atoms with Gasteiger partial charge in [-0.15, -0.1) is 0 Å². The van der Waals surface area contributed by atoms with Crippen LogP contribution in [0.15, 0.2) is 34.8 Å². The molecule has 0 heterocycles. The van der Waals surface area contributed by atoms with E-state index in [1.54, 1.807) is 12.1 Å². The number of halogens is 3. The van der Waals surface area contributed by atoms with E-state index >= 15 is 0 Å². The van der Waals surface area contributed by atoms with Gasteiger partial charge in [-0.25, -0.2) is 8.78 Å². The summed E-state index contributed by atoms with van der Waals surface area (Å²) in [6.45, 7) is 0.243. The third-order valence-corrected chi connectivity index (χ3v) is 3.20. The van der Waals surface area contributed by atoms with Crippen molar-refractivity contribution in [2.75, 3.05) is 12.4 Å². The van der Waals surface area contributed by atoms with E-state index < -0.39 is 11.6 Å². The standard InChI is InChI=1S/C14H12BrF2NO2/c1-20-13-5-9(15)4-8(14(13)19)7-18-10-2-3-11(16)12(17)6-10/h2-6,18-19H,7H2,1H3. The zero-order valence-corrected chi connectivity index (χ0v) is 12.2. The number of hydrogen-bond donors (Lipinski definition) is 2. The fourth-order valence-corrected chi connectivity index (χ4v) is 2.21. The van der Waals surface area contributed by atoms with Gasteiger partial charge < -0.3 is 15.2 Å². The van der Waals surface area contributed by atoms with Crippen LogP contribution in [-0.2, 0) is 6.54 Å². The molecule has 0 bridgehead atoms. The molecule has 2 N–H and O–H groups in total. The van der Waals surface area contributed by atoms with Gasteiger partial charge in [-0.2, -0.15) is 0 Å². The van der Waals surface area contributed by atoms with Crippen LogP contribution in [0.25, 0.3) is 0 Å². The predicted molar refractivity (Wildman–Crippen MR) is 76.0 cm³/mol. The van der Waals surface area contributed by atoms with E-state index in [0.717, 1.165) is 16.6 Å². The van der Waals surface area contributed by atoms with Gasteiger partial charge in [0.15, 0.2) is 23.1 Å². The lowest BCUT2D eigenvalue weighted by Crippen LogP contribution is -2.01. The van der Waals surface area contributed by atoms with E-state index in [1.807, 2.05) is 0 Å². The largest absolute Gasteiger partial charge is 0.504 e. The molecule has 2 rings (SSSR count). The first-order valence-electron chi connectivity index (χ1n) is 5.75. The Bertz CT molecular complexity index is 635. The average Bonchev–Trinajstić information content (AvgIpc) is 2.43. The van der Waals surface area contributed by atoms with Gasteiger partial charge in [0.1, 0.15) is 0 Å². The first-order chi connectivity index (χ1) is 9.51. The van der Waals surface area contributed by atoms with E-state index in [4.69, 9.17) is 4.74 Å². The number of phenols is 1. The minimum atomic E-state index is -0.925. The molecular weight excluding hydrogens is 332 g/mol. The number of methoxy groups -OCH3 is 1. The molecule has 0 aliphatic rings. The van der Waals surface area contributed by atoms with E-state index in [0.29, 0.717) is 17.0 Å². The molecule has 0 radical (unpaired) electrons. The Labute approximate surface area is 123 Å². The Morgan fingerprint density at radius 1 is 1.20 bits per heavy atom. The monoisotopic (exact) mass is 343 g/mol. The van der Waals surface area contributed by atoms with Gasteiger partial charge >= 0.3 is 0 Å². The summed E-state index contributed by atoms with van der Waals surface area (Å²) in [6, 6.07) is 6.87. The van der Waals surface area contributed by atoms with Gasteiger partial charge in [-0.05, 0) is 24.3 Å². The number of rotatable bonds is 4. The van der Waals surface area contributed by atoms with Crippen LogP contribution in [0.2, 0.25) is 0 Å². The predicted octanol–water partition coefficient (Wildman–Crippen LogP) is 4.05. The molecule has 6 heteroatoms. The number of aromatic hydroxyl groups is 1. The molecule has 0 aliphatic carbocycles. The van der Waals surface area contributed by atoms with Crippen LogP contribution in [0.1, 0.15) is 5.56 Å². The zero-order valence-electron chi connectivity index (χ0n) is 10.6. The second-order valence-corrected chi connectivity index (χ2v) is 5.01. The lowest BCUT2D eigenvalue weighted by atomic mass is 10.1. The molecule has 0 spiro atoms. The summed E-state index contributed by atoms with van der Waals surface area (Å²) in [6.07, 6.45) is 0. The summed E-state index contributed by atoms with van der Waals surface area (Å²) in [5.74, 6) is -1.49. The van der Waals surface area contributed by atoms with Gasteiger partial charge in [0.05, 0.1) is 7.11 Å². The van der Waals surface area contributed by atoms with Crippen molar-refractivity contribution < 1.29 is 18.6 Å². The van der Waals surface area contributed by atoms with Crippen molar-refractivity contribution >= 4 is 21.6 Å². The van der Waals surface area contributed by atoms with Crippen molar-refractivity contribution in [3.05, 3.63) is 52.0 Å². The van der Waals surface area contributed by atoms with Crippen LogP contribution in [0.3, 0.4) is 0 Å². The van der Waals surface area contributed by atoms with E-state index in [2.05, 4.69) is 21.2 Å². The lowest BCUT2D eigenvalue weighted by molar-refractivity contribution is 0.370. The fraction of sp³-hybridized carbons (Fsp3) is 0.143. The lowest BCUT2D eigenvalue weighted by Gasteiger charge is -2.12. The van der Waals surface area contributed by atoms with Crippen molar-refractivity contribution in [2.45, 2.75) is 6.54 Å². The second kappa shape index (κ2) is 6.09. The molecule has 0 aromatic heterocycles. The van der Waals surface area contributed by atoms with Crippen LogP contribution in [0.5, 0.6) is 11.5 Å². The highest BCUT2D eigenvalue weighted by Gasteiger charge is 2.10. The van der Waals surface area contributed by atoms with E-state index in [1.165, 1.54) is 13.2 Å². The van der Waals surface area contributed by atoms with Crippen LogP contribution in [0, 0.1) is 11.6 Å². The maximum Gasteiger partial charge on any atom is 0.162 e. The maximum absolute atomic E-state index is 13.1. The molecular formula is C14H12BrF2NO2. The highest BCUT2D eigenvalue weighted by atomic mass is 79.9. The quantitative estimate of drug-likeness (QED) is 0.879. The molecule has 106 valence electrons. The fourth-order valence-electron chi connectivity index (χ4n) is 1.72. The van der Waals surface area contributed by atoms with Gasteiger partial charge in [0.2, 0.25) is 0 Å². The van der Waals surface area contributed by atoms with E-state index in [-0.39, 0.29) is 12.3 Å². The average molecular weight is 344 g/mol. The smallest absolute Gasteiger partial charge is 0.162 e. The Balaban J connectivity index is 2.18. The van der Waals surface area contributed by atoms with E-state index in [9.17, 15) is 13.9 Å². The molecule has 3 nitrogen and oxygen atoms in total. The number of anilines is 1. The van der Waals surface area contributed by atoms with Crippen molar-refractivity contribution in [3.8, 4) is 11.5 Å². The summed E-state index contributed by atoms with van der Waals surface area (Å²) in [5, 5.41) is 12.9. The molecule has 0 saturated carbocycles. The summed E-state index contributed by atoms with van der Waals surface area (Å²) in [4.78, 5) is 0. The first-order valence-corrected chi connectivity index (χ1v) is 6.55. The summed E-state index contributed by atoms with van der Waals surface area (Å²) in [5.41, 5.74) is 0.989. The third-order valence-electron chi connectivity index (χ3n) is 2.74. The molecule has 0 amide bonds. The summed E-state index contributed by atoms with van der Waals surface area (Å²) < 4.78 is 31.7. The van der Waals surface area contributed by atoms with Crippen LogP contribution >= 0.6 is 15.9 Å². The zero-order chi connectivity index (χ0) is 14.7. The number of phenolic OH excluding ortho intramolecular Hbond substituents is 1. The minimum Gasteiger partial charge on any atom is -0.504 e. The SMILES string of the molecule is COc1cc(Br)cc(CNc2ccc(F)c(F)c2)c1O. The third kappa shape index (κ3) is 3.19. The molecule has 0 fully saturated rings. The van der Waals surface area contributed by atoms with Gasteiger partial charge in [0.25, 0.3) is 0 Å². The summed E-state index contributed by atoms with van der Waals surface area (Å²) >= 11 is 3.31. The Morgan fingerprint density at radius 2 is 1.95 bits per heavy atom. The highest BCUT2D eigenvalue weighted by molar-refractivity contribution is 9.10. The minimum absolute atomic E-state index is 0.00536. The van der Waals surface area contributed by atoms with Crippen molar-refractivity contribution in [1.29, 1.82) is 0 Å². The molecule has 0 saturated heterocycles. The van der Waals surface area contributed by atoms with Crippen molar-refractivity contribution in [1.82, 2.24) is 0 Å². The normalized spacial score (nSPS) is 10.4. The number of ether oxygens (including phenoxy) is 1. The van der Waals surface area contributed by atoms with Crippen molar-refractivity contribution in [2.24, 2.45) is 0 Å². The van der Waals surface area contributed by atoms with Crippen LogP contribution < -0.4 is 10.1 Å². The van der Waals surface area contributed by atoms with Crippen molar-refractivity contribution in [3.63, 3.8) is 0 Å². The Kier molecular flexibility index (Phi) is 4.44. The van der Waals surface area contributed by atoms with Crippen LogP contribution in [0.4, 0.5) is 14.5 Å². The Morgan fingerprint density at radius 3 is 2.60 bits per heavy atom. The number of benzene rings is 2. The summed E-state index contributed by atoms with van der Waals surface area (Å²) in [7, 11) is 1.45. The second-order valence-electron chi connectivity index (χ2n) is 4.10. The van der Waals surface area contributed by atoms with Gasteiger partial charge in [-0.1, -0.05) is 15.9 Å². The molecule has 20 heavy (non-hydrogen) atoms. The van der Waals surface area contributed by atoms with Crippen LogP contribution in [-0.4, -0.2) is 12.2 Å².